The van der Waals surface area contributed by atoms with Gasteiger partial charge in [0.25, 0.3) is 0 Å². The summed E-state index contributed by atoms with van der Waals surface area (Å²) in [4.78, 5) is 39.1. The van der Waals surface area contributed by atoms with E-state index in [0.29, 0.717) is 5.56 Å². The number of halogens is 1. The molecule has 0 aliphatic carbocycles. The first-order valence-electron chi connectivity index (χ1n) is 9.84. The van der Waals surface area contributed by atoms with Gasteiger partial charge in [-0.15, -0.1) is 0 Å². The van der Waals surface area contributed by atoms with Crippen LogP contribution in [0.25, 0.3) is 0 Å². The average molecular weight is 482 g/mol. The molecule has 2 aromatic carbocycles. The Labute approximate surface area is 200 Å². The predicted octanol–water partition coefficient (Wildman–Crippen LogP) is 3.02. The molecule has 0 aromatic heterocycles. The molecule has 0 radical (unpaired) electrons. The molecule has 1 aliphatic heterocycles. The summed E-state index contributed by atoms with van der Waals surface area (Å²) in [7, 11) is 3.52. The van der Waals surface area contributed by atoms with Crippen LogP contribution in [0.1, 0.15) is 21.8 Å². The topological polar surface area (TPSA) is 132 Å². The fraction of sp³-hybridized carbons (Fsp3) is 0.167. The number of nitrogens with zero attached hydrogens (tertiary/aromatic N) is 2. The Morgan fingerprint density at radius 3 is 2.12 bits per heavy atom. The standard InChI is InChI=1S/C24H20ClN3O6/c1-32-22(29)14-9-10-17(16(25)11-14)28-20(24(31)34-3)19(23(30)33-2)18(15(12-26)21(28)27)13-7-5-4-6-8-13/h4-11,18H,27H2,1-3H3. The van der Waals surface area contributed by atoms with Crippen molar-refractivity contribution in [1.29, 1.82) is 5.26 Å². The number of rotatable bonds is 5. The van der Waals surface area contributed by atoms with Gasteiger partial charge >= 0.3 is 17.9 Å². The Bertz CT molecular complexity index is 1260. The molecule has 3 rings (SSSR count). The number of ether oxygens (including phenoxy) is 3. The number of hydrogen-bond acceptors (Lipinski definition) is 9. The van der Waals surface area contributed by atoms with Crippen LogP contribution in [-0.4, -0.2) is 39.2 Å². The van der Waals surface area contributed by atoms with Crippen molar-refractivity contribution in [2.75, 3.05) is 26.2 Å². The van der Waals surface area contributed by atoms with E-state index in [2.05, 4.69) is 0 Å². The van der Waals surface area contributed by atoms with Gasteiger partial charge in [-0.25, -0.2) is 14.4 Å². The van der Waals surface area contributed by atoms with Crippen molar-refractivity contribution in [2.45, 2.75) is 5.92 Å². The highest BCUT2D eigenvalue weighted by molar-refractivity contribution is 6.34. The van der Waals surface area contributed by atoms with E-state index < -0.39 is 23.8 Å². The van der Waals surface area contributed by atoms with E-state index in [9.17, 15) is 19.6 Å². The van der Waals surface area contributed by atoms with E-state index in [4.69, 9.17) is 31.5 Å². The molecule has 0 saturated heterocycles. The Morgan fingerprint density at radius 1 is 0.971 bits per heavy atom. The number of allylic oxidation sites excluding steroid dienone is 1. The van der Waals surface area contributed by atoms with Crippen LogP contribution < -0.4 is 10.6 Å². The van der Waals surface area contributed by atoms with Crippen molar-refractivity contribution in [3.8, 4) is 6.07 Å². The summed E-state index contributed by atoms with van der Waals surface area (Å²) in [5, 5.41) is 10.0. The van der Waals surface area contributed by atoms with Crippen LogP contribution in [0.2, 0.25) is 5.02 Å². The molecule has 0 bridgehead atoms. The summed E-state index contributed by atoms with van der Waals surface area (Å²) in [5.41, 5.74) is 6.80. The number of nitrogens with two attached hydrogens (primary N) is 1. The number of anilines is 1. The Hall–Kier alpha value is -4.29. The van der Waals surface area contributed by atoms with E-state index in [-0.39, 0.29) is 38.9 Å². The second-order valence-corrected chi connectivity index (χ2v) is 7.40. The molecule has 0 spiro atoms. The van der Waals surface area contributed by atoms with Gasteiger partial charge in [-0.05, 0) is 23.8 Å². The van der Waals surface area contributed by atoms with Gasteiger partial charge in [0.05, 0.1) is 60.7 Å². The van der Waals surface area contributed by atoms with Crippen LogP contribution >= 0.6 is 11.6 Å². The highest BCUT2D eigenvalue weighted by Gasteiger charge is 2.43. The van der Waals surface area contributed by atoms with Gasteiger partial charge in [-0.3, -0.25) is 4.90 Å². The van der Waals surface area contributed by atoms with Crippen molar-refractivity contribution in [2.24, 2.45) is 5.73 Å². The van der Waals surface area contributed by atoms with Gasteiger partial charge in [0, 0.05) is 0 Å². The number of nitriles is 1. The first-order chi connectivity index (χ1) is 16.3. The third kappa shape index (κ3) is 4.19. The van der Waals surface area contributed by atoms with Crippen LogP contribution in [0.4, 0.5) is 5.69 Å². The normalized spacial score (nSPS) is 15.5. The Balaban J connectivity index is 2.39. The molecule has 1 heterocycles. The first kappa shape index (κ1) is 24.4. The van der Waals surface area contributed by atoms with Crippen LogP contribution in [0.3, 0.4) is 0 Å². The molecule has 1 atom stereocenters. The van der Waals surface area contributed by atoms with E-state index in [1.807, 2.05) is 6.07 Å². The number of carbonyl (C=O) groups excluding carboxylic acids is 3. The SMILES string of the molecule is COC(=O)C1=C(C(=O)OC)N(c2ccc(C(=O)OC)cc2Cl)C(N)=C(C#N)C1c1ccccc1. The van der Waals surface area contributed by atoms with Crippen LogP contribution in [0.5, 0.6) is 0 Å². The maximum atomic E-state index is 13.0. The third-order valence-electron chi connectivity index (χ3n) is 5.22. The monoisotopic (exact) mass is 481 g/mol. The molecule has 9 nitrogen and oxygen atoms in total. The second kappa shape index (κ2) is 10.1. The van der Waals surface area contributed by atoms with Crippen molar-refractivity contribution in [3.05, 3.63) is 87.3 Å². The molecule has 2 aromatic rings. The largest absolute Gasteiger partial charge is 0.466 e. The highest BCUT2D eigenvalue weighted by atomic mass is 35.5. The number of carbonyl (C=O) groups is 3. The molecule has 1 aliphatic rings. The van der Waals surface area contributed by atoms with Crippen LogP contribution in [0, 0.1) is 11.3 Å². The van der Waals surface area contributed by atoms with E-state index in [0.717, 1.165) is 19.1 Å². The van der Waals surface area contributed by atoms with Gasteiger partial charge in [0.15, 0.2) is 0 Å². The molecule has 1 unspecified atom stereocenters. The molecule has 34 heavy (non-hydrogen) atoms. The van der Waals surface area contributed by atoms with Gasteiger partial charge in [0.1, 0.15) is 11.5 Å². The fourth-order valence-corrected chi connectivity index (χ4v) is 3.96. The lowest BCUT2D eigenvalue weighted by atomic mass is 9.81. The molecular weight excluding hydrogens is 462 g/mol. The summed E-state index contributed by atoms with van der Waals surface area (Å²) < 4.78 is 14.6. The Kier molecular flexibility index (Phi) is 7.24. The molecule has 0 amide bonds. The third-order valence-corrected chi connectivity index (χ3v) is 5.52. The smallest absolute Gasteiger partial charge is 0.355 e. The molecule has 2 N–H and O–H groups in total. The van der Waals surface area contributed by atoms with Gasteiger partial charge in [0.2, 0.25) is 0 Å². The molecule has 0 saturated carbocycles. The predicted molar refractivity (Wildman–Crippen MR) is 122 cm³/mol. The summed E-state index contributed by atoms with van der Waals surface area (Å²) in [6.07, 6.45) is 0. The molecular formula is C24H20ClN3O6. The maximum Gasteiger partial charge on any atom is 0.355 e. The van der Waals surface area contributed by atoms with E-state index >= 15 is 0 Å². The van der Waals surface area contributed by atoms with Gasteiger partial charge < -0.3 is 19.9 Å². The van der Waals surface area contributed by atoms with Gasteiger partial charge in [-0.2, -0.15) is 5.26 Å². The van der Waals surface area contributed by atoms with E-state index in [1.165, 1.54) is 25.3 Å². The minimum absolute atomic E-state index is 0.00641. The van der Waals surface area contributed by atoms with Crippen LogP contribution in [-0.2, 0) is 23.8 Å². The molecule has 0 fully saturated rings. The highest BCUT2D eigenvalue weighted by Crippen LogP contribution is 2.44. The van der Waals surface area contributed by atoms with Crippen molar-refractivity contribution in [3.63, 3.8) is 0 Å². The fourth-order valence-electron chi connectivity index (χ4n) is 3.70. The lowest BCUT2D eigenvalue weighted by Gasteiger charge is -2.36. The summed E-state index contributed by atoms with van der Waals surface area (Å²) >= 11 is 6.45. The molecule has 10 heteroatoms. The summed E-state index contributed by atoms with van der Waals surface area (Å²) in [5.74, 6) is -3.54. The quantitative estimate of drug-likeness (QED) is 0.505. The van der Waals surface area contributed by atoms with E-state index in [1.54, 1.807) is 30.3 Å². The lowest BCUT2D eigenvalue weighted by molar-refractivity contribution is -0.139. The zero-order valence-electron chi connectivity index (χ0n) is 18.5. The minimum atomic E-state index is -1.00. The molecule has 174 valence electrons. The zero-order valence-corrected chi connectivity index (χ0v) is 19.3. The number of methoxy groups -OCH3 is 3. The number of benzene rings is 2. The lowest BCUT2D eigenvalue weighted by Crippen LogP contribution is -2.41. The van der Waals surface area contributed by atoms with Crippen LogP contribution in [0.15, 0.2) is 71.2 Å². The average Bonchev–Trinajstić information content (AvgIpc) is 2.87. The van der Waals surface area contributed by atoms with Gasteiger partial charge in [-0.1, -0.05) is 41.9 Å². The zero-order chi connectivity index (χ0) is 25.0. The number of hydrogen-bond donors (Lipinski definition) is 1. The van der Waals surface area contributed by atoms with Crippen molar-refractivity contribution < 1.29 is 28.6 Å². The second-order valence-electron chi connectivity index (χ2n) is 6.99. The number of esters is 3. The maximum absolute atomic E-state index is 13.0. The Morgan fingerprint density at radius 2 is 1.59 bits per heavy atom. The van der Waals surface area contributed by atoms with Crippen molar-refractivity contribution in [1.82, 2.24) is 0 Å². The first-order valence-corrected chi connectivity index (χ1v) is 10.2. The summed E-state index contributed by atoms with van der Waals surface area (Å²) in [6.45, 7) is 0. The van der Waals surface area contributed by atoms with Crippen molar-refractivity contribution >= 4 is 35.2 Å². The minimum Gasteiger partial charge on any atom is -0.466 e. The summed E-state index contributed by atoms with van der Waals surface area (Å²) in [6, 6.07) is 14.8.